The van der Waals surface area contributed by atoms with Gasteiger partial charge >= 0.3 is 0 Å². The third kappa shape index (κ3) is 1.62. The molecule has 0 aliphatic carbocycles. The van der Waals surface area contributed by atoms with Gasteiger partial charge in [-0.25, -0.2) is 0 Å². The van der Waals surface area contributed by atoms with Crippen LogP contribution in [0.25, 0.3) is 12.2 Å². The Morgan fingerprint density at radius 1 is 1.42 bits per heavy atom. The minimum atomic E-state index is 0.905. The van der Waals surface area contributed by atoms with Crippen LogP contribution in [0.2, 0.25) is 0 Å². The zero-order chi connectivity index (χ0) is 8.97. The average molecular weight is 159 g/mol. The molecule has 0 amide bonds. The molecule has 1 heterocycles. The first-order valence-corrected chi connectivity index (χ1v) is 4.05. The summed E-state index contributed by atoms with van der Waals surface area (Å²) in [6, 6.07) is 2.09. The van der Waals surface area contributed by atoms with Crippen LogP contribution in [0.1, 0.15) is 23.7 Å². The molecule has 0 unspecified atom stereocenters. The molecule has 0 aromatic carbocycles. The molecule has 0 bridgehead atoms. The molecule has 1 rings (SSSR count). The third-order valence-electron chi connectivity index (χ3n) is 1.83. The van der Waals surface area contributed by atoms with E-state index in [-0.39, 0.29) is 0 Å². The molecule has 0 N–H and O–H groups in total. The van der Waals surface area contributed by atoms with Crippen molar-refractivity contribution in [3.05, 3.63) is 42.2 Å². The molecule has 1 heteroatoms. The van der Waals surface area contributed by atoms with Crippen LogP contribution in [0.5, 0.6) is 0 Å². The van der Waals surface area contributed by atoms with Gasteiger partial charge in [0, 0.05) is 6.20 Å². The van der Waals surface area contributed by atoms with Crippen LogP contribution in [0.15, 0.2) is 25.4 Å². The van der Waals surface area contributed by atoms with Crippen molar-refractivity contribution in [1.82, 2.24) is 4.98 Å². The van der Waals surface area contributed by atoms with E-state index in [1.54, 1.807) is 6.08 Å². The highest BCUT2D eigenvalue weighted by Crippen LogP contribution is 2.11. The van der Waals surface area contributed by atoms with Crippen molar-refractivity contribution in [2.24, 2.45) is 0 Å². The second kappa shape index (κ2) is 3.86. The van der Waals surface area contributed by atoms with E-state index >= 15 is 0 Å². The first-order valence-electron chi connectivity index (χ1n) is 4.05. The Labute approximate surface area is 73.5 Å². The fraction of sp³-hybridized carbons (Fsp3) is 0.182. The molecule has 1 aromatic rings. The predicted octanol–water partition coefficient (Wildman–Crippen LogP) is 2.93. The first-order chi connectivity index (χ1) is 5.81. The van der Waals surface area contributed by atoms with Crippen LogP contribution in [-0.4, -0.2) is 4.98 Å². The molecule has 1 nitrogen and oxygen atoms in total. The van der Waals surface area contributed by atoms with Crippen molar-refractivity contribution in [1.29, 1.82) is 0 Å². The lowest BCUT2D eigenvalue weighted by Crippen LogP contribution is -1.89. The van der Waals surface area contributed by atoms with Gasteiger partial charge in [-0.2, -0.15) is 0 Å². The SMILES string of the molecule is C=Cc1cc(CC)cnc1C=C. The van der Waals surface area contributed by atoms with Crippen LogP contribution in [0.3, 0.4) is 0 Å². The van der Waals surface area contributed by atoms with Gasteiger partial charge < -0.3 is 0 Å². The Bertz CT molecular complexity index is 300. The Morgan fingerprint density at radius 2 is 2.17 bits per heavy atom. The summed E-state index contributed by atoms with van der Waals surface area (Å²) < 4.78 is 0. The molecular weight excluding hydrogens is 146 g/mol. The smallest absolute Gasteiger partial charge is 0.0696 e. The summed E-state index contributed by atoms with van der Waals surface area (Å²) >= 11 is 0. The maximum absolute atomic E-state index is 4.25. The van der Waals surface area contributed by atoms with Gasteiger partial charge in [-0.15, -0.1) is 0 Å². The van der Waals surface area contributed by atoms with Gasteiger partial charge in [0.15, 0.2) is 0 Å². The maximum atomic E-state index is 4.25. The second-order valence-electron chi connectivity index (χ2n) is 2.58. The molecule has 0 spiro atoms. The van der Waals surface area contributed by atoms with Crippen molar-refractivity contribution >= 4 is 12.2 Å². The number of hydrogen-bond acceptors (Lipinski definition) is 1. The zero-order valence-electron chi connectivity index (χ0n) is 7.38. The number of aryl methyl sites for hydroxylation is 1. The highest BCUT2D eigenvalue weighted by molar-refractivity contribution is 5.60. The van der Waals surface area contributed by atoms with Crippen LogP contribution in [0.4, 0.5) is 0 Å². The van der Waals surface area contributed by atoms with Crippen molar-refractivity contribution < 1.29 is 0 Å². The lowest BCUT2D eigenvalue weighted by Gasteiger charge is -2.01. The topological polar surface area (TPSA) is 12.9 Å². The van der Waals surface area contributed by atoms with Gasteiger partial charge in [0.2, 0.25) is 0 Å². The molecule has 0 radical (unpaired) electrons. The number of pyridine rings is 1. The summed E-state index contributed by atoms with van der Waals surface area (Å²) in [6.45, 7) is 9.52. The molecule has 1 aromatic heterocycles. The van der Waals surface area contributed by atoms with Crippen LogP contribution >= 0.6 is 0 Å². The van der Waals surface area contributed by atoms with Gasteiger partial charge in [-0.3, -0.25) is 4.98 Å². The van der Waals surface area contributed by atoms with Crippen molar-refractivity contribution in [2.45, 2.75) is 13.3 Å². The third-order valence-corrected chi connectivity index (χ3v) is 1.83. The molecule has 0 aliphatic rings. The standard InChI is InChI=1S/C11H13N/c1-4-9-7-10(5-2)11(6-3)12-8-9/h5-8H,2-4H2,1H3. The summed E-state index contributed by atoms with van der Waals surface area (Å²) in [5, 5.41) is 0. The summed E-state index contributed by atoms with van der Waals surface area (Å²) in [5.74, 6) is 0. The van der Waals surface area contributed by atoms with E-state index in [4.69, 9.17) is 0 Å². The molecule has 0 aliphatic heterocycles. The predicted molar refractivity (Wildman–Crippen MR) is 53.8 cm³/mol. The first kappa shape index (κ1) is 8.72. The van der Waals surface area contributed by atoms with Crippen LogP contribution in [0, 0.1) is 0 Å². The summed E-state index contributed by atoms with van der Waals surface area (Å²) in [4.78, 5) is 4.25. The van der Waals surface area contributed by atoms with E-state index < -0.39 is 0 Å². The second-order valence-corrected chi connectivity index (χ2v) is 2.58. The van der Waals surface area contributed by atoms with Crippen LogP contribution < -0.4 is 0 Å². The average Bonchev–Trinajstić information content (AvgIpc) is 2.16. The van der Waals surface area contributed by atoms with Gasteiger partial charge in [0.05, 0.1) is 5.69 Å². The van der Waals surface area contributed by atoms with E-state index in [1.807, 2.05) is 12.3 Å². The fourth-order valence-electron chi connectivity index (χ4n) is 1.07. The lowest BCUT2D eigenvalue weighted by molar-refractivity contribution is 1.09. The highest BCUT2D eigenvalue weighted by atomic mass is 14.7. The Morgan fingerprint density at radius 3 is 2.67 bits per heavy atom. The fourth-order valence-corrected chi connectivity index (χ4v) is 1.07. The largest absolute Gasteiger partial charge is 0.256 e. The number of aromatic nitrogens is 1. The zero-order valence-corrected chi connectivity index (χ0v) is 7.38. The summed E-state index contributed by atoms with van der Waals surface area (Å²) in [5.41, 5.74) is 3.20. The maximum Gasteiger partial charge on any atom is 0.0696 e. The van der Waals surface area contributed by atoms with Crippen molar-refractivity contribution in [3.63, 3.8) is 0 Å². The van der Waals surface area contributed by atoms with Gasteiger partial charge in [0.1, 0.15) is 0 Å². The van der Waals surface area contributed by atoms with Crippen molar-refractivity contribution in [3.8, 4) is 0 Å². The van der Waals surface area contributed by atoms with E-state index in [9.17, 15) is 0 Å². The van der Waals surface area contributed by atoms with Crippen LogP contribution in [-0.2, 0) is 6.42 Å². The quantitative estimate of drug-likeness (QED) is 0.660. The molecular formula is C11H13N. The molecule has 62 valence electrons. The Hall–Kier alpha value is -1.37. The van der Waals surface area contributed by atoms with Gasteiger partial charge in [0.25, 0.3) is 0 Å². The number of rotatable bonds is 3. The summed E-state index contributed by atoms with van der Waals surface area (Å²) in [6.07, 6.45) is 6.44. The molecule has 0 atom stereocenters. The lowest BCUT2D eigenvalue weighted by atomic mass is 10.1. The monoisotopic (exact) mass is 159 g/mol. The number of nitrogens with zero attached hydrogens (tertiary/aromatic N) is 1. The molecule has 12 heavy (non-hydrogen) atoms. The van der Waals surface area contributed by atoms with E-state index in [0.717, 1.165) is 17.7 Å². The molecule has 0 fully saturated rings. The van der Waals surface area contributed by atoms with E-state index in [2.05, 4.69) is 31.1 Å². The molecule has 0 saturated heterocycles. The minimum absolute atomic E-state index is 0.905. The minimum Gasteiger partial charge on any atom is -0.256 e. The van der Waals surface area contributed by atoms with E-state index in [0.29, 0.717) is 0 Å². The highest BCUT2D eigenvalue weighted by Gasteiger charge is 1.97. The Balaban J connectivity index is 3.18. The number of hydrogen-bond donors (Lipinski definition) is 0. The van der Waals surface area contributed by atoms with Gasteiger partial charge in [-0.1, -0.05) is 26.2 Å². The molecule has 0 saturated carbocycles. The Kier molecular flexibility index (Phi) is 2.81. The normalized spacial score (nSPS) is 9.42. The summed E-state index contributed by atoms with van der Waals surface area (Å²) in [7, 11) is 0. The van der Waals surface area contributed by atoms with Crippen molar-refractivity contribution in [2.75, 3.05) is 0 Å². The van der Waals surface area contributed by atoms with Gasteiger partial charge in [-0.05, 0) is 29.7 Å². The van der Waals surface area contributed by atoms with E-state index in [1.165, 1.54) is 5.56 Å².